The van der Waals surface area contributed by atoms with E-state index >= 15 is 4.39 Å². The maximum absolute atomic E-state index is 15.2. The number of benzene rings is 1. The van der Waals surface area contributed by atoms with Crippen LogP contribution in [-0.2, 0) is 19.5 Å². The normalized spacial score (nSPS) is 12.9. The molecule has 0 amide bonds. The average Bonchev–Trinajstić information content (AvgIpc) is 3.41. The van der Waals surface area contributed by atoms with Crippen molar-refractivity contribution in [3.8, 4) is 5.69 Å². The van der Waals surface area contributed by atoms with Crippen LogP contribution in [0.25, 0.3) is 16.5 Å². The number of fused-ring (bicyclic) bond motifs is 3. The topological polar surface area (TPSA) is 121 Å². The number of pyridine rings is 1. The molecule has 5 aromatic rings. The number of aryl methyl sites for hydroxylation is 2. The Morgan fingerprint density at radius 3 is 2.83 bits per heavy atom. The van der Waals surface area contributed by atoms with Crippen LogP contribution in [0, 0.1) is 19.7 Å². The van der Waals surface area contributed by atoms with Gasteiger partial charge in [-0.1, -0.05) is 0 Å². The van der Waals surface area contributed by atoms with Gasteiger partial charge in [-0.25, -0.2) is 14.4 Å². The van der Waals surface area contributed by atoms with Crippen LogP contribution in [0.1, 0.15) is 22.8 Å². The van der Waals surface area contributed by atoms with Crippen molar-refractivity contribution in [1.29, 1.82) is 0 Å². The van der Waals surface area contributed by atoms with Gasteiger partial charge in [0.15, 0.2) is 11.6 Å². The first-order valence-electron chi connectivity index (χ1n) is 11.2. The molecule has 1 aliphatic rings. The number of nitrogens with two attached hydrogens (primary N) is 1. The van der Waals surface area contributed by atoms with Crippen molar-refractivity contribution in [3.05, 3.63) is 82.1 Å². The number of rotatable bonds is 3. The summed E-state index contributed by atoms with van der Waals surface area (Å²) in [4.78, 5) is 24.6. The third-order valence-corrected chi connectivity index (χ3v) is 6.58. The summed E-state index contributed by atoms with van der Waals surface area (Å²) in [5.74, 6) is 1.59. The van der Waals surface area contributed by atoms with E-state index in [0.717, 1.165) is 24.5 Å². The summed E-state index contributed by atoms with van der Waals surface area (Å²) in [6, 6.07) is 5.47. The number of hydrogen-bond acceptors (Lipinski definition) is 7. The lowest BCUT2D eigenvalue weighted by atomic mass is 10.1. The van der Waals surface area contributed by atoms with Crippen LogP contribution in [-0.4, -0.2) is 33.9 Å². The fourth-order valence-corrected chi connectivity index (χ4v) is 4.45. The van der Waals surface area contributed by atoms with Gasteiger partial charge in [0.05, 0.1) is 17.9 Å². The standard InChI is InChI=1S/C24H22FN9O/c1-13-14(2)33(12-29-24(13)35)18-7-15-8-19(28-10-17(15)23(26)22(18)25)30-20-9-16-3-5-32-6-4-27-21(32)11-34(16)31-20/h4,6-10,12H,3,5,11,26H2,1-2H3,(H,28,30,31). The lowest BCUT2D eigenvalue weighted by Crippen LogP contribution is -2.17. The van der Waals surface area contributed by atoms with Crippen molar-refractivity contribution in [2.75, 3.05) is 11.1 Å². The number of aromatic nitrogens is 7. The predicted octanol–water partition coefficient (Wildman–Crippen LogP) is 2.86. The molecule has 0 bridgehead atoms. The first kappa shape index (κ1) is 21.0. The molecule has 0 spiro atoms. The number of anilines is 3. The van der Waals surface area contributed by atoms with Crippen molar-refractivity contribution in [2.24, 2.45) is 0 Å². The molecule has 0 saturated carbocycles. The van der Waals surface area contributed by atoms with E-state index in [1.807, 2.05) is 16.9 Å². The minimum atomic E-state index is -0.593. The Balaban J connectivity index is 1.37. The average molecular weight is 472 g/mol. The Morgan fingerprint density at radius 2 is 1.97 bits per heavy atom. The second-order valence-electron chi connectivity index (χ2n) is 8.63. The lowest BCUT2D eigenvalue weighted by Gasteiger charge is -2.15. The maximum Gasteiger partial charge on any atom is 0.275 e. The Kier molecular flexibility index (Phi) is 4.66. The van der Waals surface area contributed by atoms with E-state index in [0.29, 0.717) is 40.2 Å². The molecule has 0 aliphatic carbocycles. The summed E-state index contributed by atoms with van der Waals surface area (Å²) in [7, 11) is 0. The molecule has 0 fully saturated rings. The Labute approximate surface area is 198 Å². The van der Waals surface area contributed by atoms with Crippen LogP contribution in [0.3, 0.4) is 0 Å². The molecule has 1 aliphatic heterocycles. The predicted molar refractivity (Wildman–Crippen MR) is 130 cm³/mol. The molecule has 176 valence electrons. The van der Waals surface area contributed by atoms with Crippen molar-refractivity contribution in [3.63, 3.8) is 0 Å². The molecule has 4 aromatic heterocycles. The zero-order valence-electron chi connectivity index (χ0n) is 19.2. The van der Waals surface area contributed by atoms with Gasteiger partial charge in [-0.2, -0.15) is 10.1 Å². The Morgan fingerprint density at radius 1 is 1.11 bits per heavy atom. The molecule has 1 aromatic carbocycles. The molecule has 5 heterocycles. The van der Waals surface area contributed by atoms with E-state index < -0.39 is 5.82 Å². The van der Waals surface area contributed by atoms with Gasteiger partial charge in [0.2, 0.25) is 0 Å². The summed E-state index contributed by atoms with van der Waals surface area (Å²) in [5.41, 5.74) is 8.13. The summed E-state index contributed by atoms with van der Waals surface area (Å²) in [6.07, 6.45) is 7.48. The molecule has 0 atom stereocenters. The minimum absolute atomic E-state index is 0.0171. The van der Waals surface area contributed by atoms with E-state index in [1.54, 1.807) is 38.4 Å². The molecule has 35 heavy (non-hydrogen) atoms. The summed E-state index contributed by atoms with van der Waals surface area (Å²) >= 11 is 0. The number of hydrogen-bond donors (Lipinski definition) is 2. The van der Waals surface area contributed by atoms with E-state index in [4.69, 9.17) is 5.73 Å². The first-order valence-corrected chi connectivity index (χ1v) is 11.2. The number of halogens is 1. The maximum atomic E-state index is 15.2. The van der Waals surface area contributed by atoms with Gasteiger partial charge in [0.25, 0.3) is 5.56 Å². The Hall–Kier alpha value is -4.54. The molecule has 11 heteroatoms. The van der Waals surface area contributed by atoms with Crippen molar-refractivity contribution >= 4 is 28.1 Å². The van der Waals surface area contributed by atoms with Crippen LogP contribution < -0.4 is 16.6 Å². The highest BCUT2D eigenvalue weighted by Gasteiger charge is 2.18. The second-order valence-corrected chi connectivity index (χ2v) is 8.63. The number of nitrogens with zero attached hydrogens (tertiary/aromatic N) is 7. The van der Waals surface area contributed by atoms with Crippen LogP contribution in [0.15, 0.2) is 47.9 Å². The fourth-order valence-electron chi connectivity index (χ4n) is 4.45. The SMILES string of the molecule is Cc1c(C)n(-c2cc3cc(Nc4cc5n(n4)Cc4nccn4CC5)ncc3c(N)c2F)cnc1=O. The van der Waals surface area contributed by atoms with E-state index in [-0.39, 0.29) is 16.9 Å². The number of nitrogen functional groups attached to an aromatic ring is 1. The van der Waals surface area contributed by atoms with E-state index in [9.17, 15) is 4.79 Å². The number of nitrogens with one attached hydrogen (secondary N) is 1. The molecule has 6 rings (SSSR count). The van der Waals surface area contributed by atoms with Gasteiger partial charge in [-0.15, -0.1) is 0 Å². The quantitative estimate of drug-likeness (QED) is 0.388. The first-order chi connectivity index (χ1) is 16.9. The van der Waals surface area contributed by atoms with Gasteiger partial charge >= 0.3 is 0 Å². The van der Waals surface area contributed by atoms with E-state index in [1.165, 1.54) is 10.9 Å². The van der Waals surface area contributed by atoms with Crippen LogP contribution in [0.5, 0.6) is 0 Å². The smallest absolute Gasteiger partial charge is 0.275 e. The minimum Gasteiger partial charge on any atom is -0.396 e. The molecular weight excluding hydrogens is 449 g/mol. The van der Waals surface area contributed by atoms with Gasteiger partial charge in [-0.05, 0) is 31.4 Å². The highest BCUT2D eigenvalue weighted by molar-refractivity contribution is 5.96. The van der Waals surface area contributed by atoms with Crippen molar-refractivity contribution < 1.29 is 4.39 Å². The summed E-state index contributed by atoms with van der Waals surface area (Å²) < 4.78 is 20.8. The van der Waals surface area contributed by atoms with Gasteiger partial charge in [0, 0.05) is 60.0 Å². The second kappa shape index (κ2) is 7.76. The monoisotopic (exact) mass is 471 g/mol. The zero-order valence-corrected chi connectivity index (χ0v) is 19.2. The van der Waals surface area contributed by atoms with Crippen molar-refractivity contribution in [1.82, 2.24) is 33.9 Å². The molecule has 0 unspecified atom stereocenters. The number of imidazole rings is 1. The summed E-state index contributed by atoms with van der Waals surface area (Å²) in [5, 5.41) is 9.11. The molecule has 0 radical (unpaired) electrons. The third-order valence-electron chi connectivity index (χ3n) is 6.58. The van der Waals surface area contributed by atoms with Crippen LogP contribution in [0.4, 0.5) is 21.7 Å². The van der Waals surface area contributed by atoms with Gasteiger partial charge in [0.1, 0.15) is 18.0 Å². The molecule has 3 N–H and O–H groups in total. The molecule has 10 nitrogen and oxygen atoms in total. The third kappa shape index (κ3) is 3.43. The lowest BCUT2D eigenvalue weighted by molar-refractivity contribution is 0.620. The highest BCUT2D eigenvalue weighted by Crippen LogP contribution is 2.31. The van der Waals surface area contributed by atoms with E-state index in [2.05, 4.69) is 29.9 Å². The Bertz CT molecular complexity index is 1680. The van der Waals surface area contributed by atoms with Crippen LogP contribution in [0.2, 0.25) is 0 Å². The van der Waals surface area contributed by atoms with Gasteiger partial charge < -0.3 is 20.2 Å². The molecule has 0 saturated heterocycles. The molecular formula is C24H22FN9O. The van der Waals surface area contributed by atoms with Crippen molar-refractivity contribution in [2.45, 2.75) is 33.4 Å². The highest BCUT2D eigenvalue weighted by atomic mass is 19.1. The zero-order chi connectivity index (χ0) is 24.3. The fraction of sp³-hybridized carbons (Fsp3) is 0.208. The van der Waals surface area contributed by atoms with Crippen LogP contribution >= 0.6 is 0 Å². The largest absolute Gasteiger partial charge is 0.396 e. The van der Waals surface area contributed by atoms with Gasteiger partial charge in [-0.3, -0.25) is 9.48 Å². The summed E-state index contributed by atoms with van der Waals surface area (Å²) in [6.45, 7) is 4.85.